The predicted octanol–water partition coefficient (Wildman–Crippen LogP) is 1.44. The van der Waals surface area contributed by atoms with Crippen molar-refractivity contribution in [3.05, 3.63) is 0 Å². The highest BCUT2D eigenvalue weighted by Crippen LogP contribution is 2.14. The molecule has 1 amide bonds. The first-order chi connectivity index (χ1) is 12.9. The molecule has 8 heteroatoms. The molecule has 2 aliphatic rings. The zero-order valence-corrected chi connectivity index (χ0v) is 20.7. The number of halogens is 1. The Morgan fingerprint density at radius 1 is 1.14 bits per heavy atom. The third-order valence-corrected chi connectivity index (χ3v) is 5.74. The second-order valence-corrected chi connectivity index (χ2v) is 8.19. The van der Waals surface area contributed by atoms with Gasteiger partial charge in [-0.15, -0.1) is 24.0 Å². The lowest BCUT2D eigenvalue weighted by atomic mass is 10.0. The minimum atomic E-state index is 0. The fourth-order valence-corrected chi connectivity index (χ4v) is 3.93. The Morgan fingerprint density at radius 2 is 1.82 bits per heavy atom. The lowest BCUT2D eigenvalue weighted by molar-refractivity contribution is -0.129. The number of carbonyl (C=O) groups excluding carboxylic acids is 1. The van der Waals surface area contributed by atoms with E-state index in [2.05, 4.69) is 48.3 Å². The van der Waals surface area contributed by atoms with Crippen LogP contribution < -0.4 is 10.6 Å². The molecular formula is C20H41IN6O. The van der Waals surface area contributed by atoms with Crippen LogP contribution in [0, 0.1) is 5.92 Å². The Labute approximate surface area is 188 Å². The maximum atomic E-state index is 11.9. The van der Waals surface area contributed by atoms with Crippen LogP contribution in [-0.2, 0) is 4.79 Å². The van der Waals surface area contributed by atoms with E-state index < -0.39 is 0 Å². The van der Waals surface area contributed by atoms with Gasteiger partial charge < -0.3 is 20.4 Å². The zero-order chi connectivity index (χ0) is 19.8. The first-order valence-electron chi connectivity index (χ1n) is 10.7. The first kappa shape index (κ1) is 25.4. The van der Waals surface area contributed by atoms with Crippen molar-refractivity contribution in [3.63, 3.8) is 0 Å². The molecule has 0 spiro atoms. The molecule has 2 atom stereocenters. The van der Waals surface area contributed by atoms with Gasteiger partial charge in [0.2, 0.25) is 5.91 Å². The predicted molar refractivity (Wildman–Crippen MR) is 128 cm³/mol. The van der Waals surface area contributed by atoms with E-state index in [1.165, 1.54) is 0 Å². The number of nitrogens with one attached hydrogen (secondary N) is 2. The second kappa shape index (κ2) is 12.8. The second-order valence-electron chi connectivity index (χ2n) is 8.19. The van der Waals surface area contributed by atoms with E-state index in [0.717, 1.165) is 64.7 Å². The summed E-state index contributed by atoms with van der Waals surface area (Å²) in [7, 11) is 2.20. The minimum Gasteiger partial charge on any atom is -0.357 e. The zero-order valence-electron chi connectivity index (χ0n) is 18.4. The molecule has 28 heavy (non-hydrogen) atoms. The molecule has 0 aromatic rings. The number of hydrogen-bond donors (Lipinski definition) is 2. The maximum Gasteiger partial charge on any atom is 0.222 e. The van der Waals surface area contributed by atoms with E-state index in [4.69, 9.17) is 4.99 Å². The highest BCUT2D eigenvalue weighted by molar-refractivity contribution is 14.0. The van der Waals surface area contributed by atoms with Crippen molar-refractivity contribution < 1.29 is 4.79 Å². The average molecular weight is 508 g/mol. The molecule has 0 radical (unpaired) electrons. The van der Waals surface area contributed by atoms with Crippen LogP contribution in [0.3, 0.4) is 0 Å². The molecule has 2 N–H and O–H groups in total. The monoisotopic (exact) mass is 508 g/mol. The molecule has 7 nitrogen and oxygen atoms in total. The summed E-state index contributed by atoms with van der Waals surface area (Å²) < 4.78 is 0. The number of likely N-dealkylation sites (tertiary alicyclic amines) is 1. The van der Waals surface area contributed by atoms with Crippen molar-refractivity contribution in [2.75, 3.05) is 59.4 Å². The number of amides is 1. The Kier molecular flexibility index (Phi) is 11.7. The molecule has 0 bridgehead atoms. The van der Waals surface area contributed by atoms with E-state index in [1.54, 1.807) is 0 Å². The molecular weight excluding hydrogens is 467 g/mol. The molecule has 2 fully saturated rings. The largest absolute Gasteiger partial charge is 0.357 e. The first-order valence-corrected chi connectivity index (χ1v) is 10.7. The molecule has 0 aromatic carbocycles. The van der Waals surface area contributed by atoms with E-state index in [1.807, 2.05) is 11.8 Å². The van der Waals surface area contributed by atoms with E-state index in [-0.39, 0.29) is 29.9 Å². The smallest absolute Gasteiger partial charge is 0.222 e. The van der Waals surface area contributed by atoms with Crippen LogP contribution in [0.15, 0.2) is 4.99 Å². The third kappa shape index (κ3) is 7.67. The fraction of sp³-hybridized carbons (Fsp3) is 0.900. The van der Waals surface area contributed by atoms with Crippen LogP contribution in [0.5, 0.6) is 0 Å². The van der Waals surface area contributed by atoms with Gasteiger partial charge in [0.1, 0.15) is 0 Å². The van der Waals surface area contributed by atoms with Crippen molar-refractivity contribution in [1.29, 1.82) is 0 Å². The van der Waals surface area contributed by atoms with Crippen molar-refractivity contribution in [3.8, 4) is 0 Å². The number of piperazine rings is 1. The Morgan fingerprint density at radius 3 is 2.39 bits per heavy atom. The molecule has 2 unspecified atom stereocenters. The number of likely N-dealkylation sites (N-methyl/N-ethyl adjacent to an activating group) is 1. The highest BCUT2D eigenvalue weighted by Gasteiger charge is 2.27. The molecule has 2 aliphatic heterocycles. The van der Waals surface area contributed by atoms with Crippen molar-refractivity contribution in [2.45, 2.75) is 52.6 Å². The maximum absolute atomic E-state index is 11.9. The molecule has 2 rings (SSSR count). The van der Waals surface area contributed by atoms with Gasteiger partial charge >= 0.3 is 0 Å². The number of carbonyl (C=O) groups is 1. The standard InChI is InChI=1S/C20H40N6O.HI/c1-6-19(27)26-9-8-17(15-26)23-20(21-7-2)22-14-18(16(3)4)25-12-10-24(5)11-13-25;/h16-18H,6-15H2,1-5H3,(H2,21,22,23);1H. The molecule has 2 heterocycles. The Bertz CT molecular complexity index is 493. The van der Waals surface area contributed by atoms with Crippen molar-refractivity contribution >= 4 is 35.8 Å². The van der Waals surface area contributed by atoms with E-state index in [0.29, 0.717) is 24.4 Å². The van der Waals surface area contributed by atoms with Crippen LogP contribution in [-0.4, -0.2) is 98.1 Å². The third-order valence-electron chi connectivity index (χ3n) is 5.74. The minimum absolute atomic E-state index is 0. The number of aliphatic imine (C=N–C) groups is 1. The highest BCUT2D eigenvalue weighted by atomic mass is 127. The van der Waals surface area contributed by atoms with Crippen LogP contribution in [0.1, 0.15) is 40.5 Å². The summed E-state index contributed by atoms with van der Waals surface area (Å²) in [6.07, 6.45) is 1.57. The summed E-state index contributed by atoms with van der Waals surface area (Å²) in [5.74, 6) is 1.70. The molecule has 164 valence electrons. The molecule has 2 saturated heterocycles. The van der Waals surface area contributed by atoms with Gasteiger partial charge in [0.05, 0.1) is 6.54 Å². The fourth-order valence-electron chi connectivity index (χ4n) is 3.93. The topological polar surface area (TPSA) is 63.2 Å². The number of nitrogens with zero attached hydrogens (tertiary/aromatic N) is 4. The van der Waals surface area contributed by atoms with Crippen molar-refractivity contribution in [1.82, 2.24) is 25.3 Å². The van der Waals surface area contributed by atoms with Crippen LogP contribution in [0.2, 0.25) is 0 Å². The van der Waals surface area contributed by atoms with Gasteiger partial charge in [0, 0.05) is 64.3 Å². The van der Waals surface area contributed by atoms with Gasteiger partial charge in [-0.25, -0.2) is 0 Å². The molecule has 0 saturated carbocycles. The quantitative estimate of drug-likeness (QED) is 0.310. The summed E-state index contributed by atoms with van der Waals surface area (Å²) in [4.78, 5) is 23.8. The van der Waals surface area contributed by atoms with Crippen molar-refractivity contribution in [2.24, 2.45) is 10.9 Å². The Balaban J connectivity index is 0.00000392. The summed E-state index contributed by atoms with van der Waals surface area (Å²) >= 11 is 0. The summed E-state index contributed by atoms with van der Waals surface area (Å²) in [6, 6.07) is 0.760. The SMILES string of the molecule is CCNC(=NCC(C(C)C)N1CCN(C)CC1)NC1CCN(C(=O)CC)C1.I. The van der Waals surface area contributed by atoms with Gasteiger partial charge in [-0.2, -0.15) is 0 Å². The molecule has 0 aliphatic carbocycles. The van der Waals surface area contributed by atoms with Gasteiger partial charge in [-0.3, -0.25) is 14.7 Å². The van der Waals surface area contributed by atoms with Gasteiger partial charge in [0.25, 0.3) is 0 Å². The lowest BCUT2D eigenvalue weighted by Gasteiger charge is -2.39. The summed E-state index contributed by atoms with van der Waals surface area (Å²) in [5.41, 5.74) is 0. The van der Waals surface area contributed by atoms with Crippen LogP contribution >= 0.6 is 24.0 Å². The van der Waals surface area contributed by atoms with Gasteiger partial charge in [0.15, 0.2) is 5.96 Å². The number of rotatable bonds is 7. The normalized spacial score (nSPS) is 22.9. The lowest BCUT2D eigenvalue weighted by Crippen LogP contribution is -2.52. The number of hydrogen-bond acceptors (Lipinski definition) is 4. The molecule has 0 aromatic heterocycles. The number of guanidine groups is 1. The van der Waals surface area contributed by atoms with E-state index in [9.17, 15) is 4.79 Å². The van der Waals surface area contributed by atoms with Crippen LogP contribution in [0.25, 0.3) is 0 Å². The van der Waals surface area contributed by atoms with E-state index >= 15 is 0 Å². The Hall–Kier alpha value is -0.610. The van der Waals surface area contributed by atoms with Gasteiger partial charge in [-0.1, -0.05) is 20.8 Å². The average Bonchev–Trinajstić information content (AvgIpc) is 3.11. The summed E-state index contributed by atoms with van der Waals surface area (Å²) in [6.45, 7) is 16.4. The summed E-state index contributed by atoms with van der Waals surface area (Å²) in [5, 5.41) is 6.93. The van der Waals surface area contributed by atoms with Crippen LogP contribution in [0.4, 0.5) is 0 Å². The van der Waals surface area contributed by atoms with Gasteiger partial charge in [-0.05, 0) is 26.3 Å².